The molecule has 0 amide bonds. The van der Waals surface area contributed by atoms with Gasteiger partial charge in [0.2, 0.25) is 0 Å². The molecule has 2 heterocycles. The van der Waals surface area contributed by atoms with Crippen LogP contribution < -0.4 is 4.74 Å². The zero-order valence-electron chi connectivity index (χ0n) is 16.7. The van der Waals surface area contributed by atoms with Crippen LogP contribution in [0.4, 0.5) is 13.2 Å². The number of rotatable bonds is 4. The van der Waals surface area contributed by atoms with Crippen LogP contribution >= 0.6 is 11.6 Å². The van der Waals surface area contributed by atoms with Crippen LogP contribution in [0.15, 0.2) is 54.7 Å². The van der Waals surface area contributed by atoms with Crippen LogP contribution in [-0.4, -0.2) is 38.9 Å². The lowest BCUT2D eigenvalue weighted by Gasteiger charge is -2.13. The van der Waals surface area contributed by atoms with Gasteiger partial charge in [0, 0.05) is 11.8 Å². The number of pyridine rings is 1. The average Bonchev–Trinajstić information content (AvgIpc) is 3.17. The molecule has 1 N–H and O–H groups in total. The summed E-state index contributed by atoms with van der Waals surface area (Å²) in [6, 6.07) is 10.2. The molecule has 2 aromatic carbocycles. The molecule has 0 unspecified atom stereocenters. The van der Waals surface area contributed by atoms with Gasteiger partial charge in [0.15, 0.2) is 0 Å². The van der Waals surface area contributed by atoms with Gasteiger partial charge < -0.3 is 9.84 Å². The zero-order valence-corrected chi connectivity index (χ0v) is 17.5. The molecule has 4 aromatic rings. The highest BCUT2D eigenvalue weighted by Gasteiger charge is 2.37. The smallest absolute Gasteiger partial charge is 0.417 e. The number of aromatic carboxylic acids is 1. The Morgan fingerprint density at radius 3 is 2.55 bits per heavy atom. The van der Waals surface area contributed by atoms with E-state index in [9.17, 15) is 27.9 Å². The molecule has 0 aliphatic carbocycles. The molecule has 0 bridgehead atoms. The minimum Gasteiger partial charge on any atom is -0.496 e. The molecule has 7 nitrogen and oxygen atoms in total. The molecule has 11 heteroatoms. The first-order valence-corrected chi connectivity index (χ1v) is 9.67. The fourth-order valence-corrected chi connectivity index (χ4v) is 3.65. The van der Waals surface area contributed by atoms with E-state index in [0.717, 1.165) is 16.8 Å². The van der Waals surface area contributed by atoms with Crippen LogP contribution in [0.3, 0.4) is 0 Å². The van der Waals surface area contributed by atoms with Crippen molar-refractivity contribution >= 4 is 34.5 Å². The lowest BCUT2D eigenvalue weighted by molar-refractivity contribution is -0.137. The van der Waals surface area contributed by atoms with Gasteiger partial charge in [-0.15, -0.1) is 0 Å². The van der Waals surface area contributed by atoms with Crippen LogP contribution in [0.1, 0.15) is 26.3 Å². The summed E-state index contributed by atoms with van der Waals surface area (Å²) >= 11 is 5.99. The molecule has 0 aliphatic rings. The molecular formula is C22H13ClF3N3O4. The van der Waals surface area contributed by atoms with E-state index in [4.69, 9.17) is 16.3 Å². The maximum Gasteiger partial charge on any atom is 0.417 e. The van der Waals surface area contributed by atoms with Gasteiger partial charge in [-0.2, -0.15) is 23.0 Å². The van der Waals surface area contributed by atoms with Crippen molar-refractivity contribution in [3.63, 3.8) is 0 Å². The number of benzene rings is 2. The molecule has 0 atom stereocenters. The predicted molar refractivity (Wildman–Crippen MR) is 113 cm³/mol. The first-order valence-electron chi connectivity index (χ1n) is 9.29. The molecule has 33 heavy (non-hydrogen) atoms. The number of ether oxygens (including phenoxy) is 1. The Bertz CT molecular complexity index is 1420. The molecule has 0 radical (unpaired) electrons. The number of carbonyl (C=O) groups is 2. The number of carbonyl (C=O) groups excluding carboxylic acids is 1. The van der Waals surface area contributed by atoms with E-state index < -0.39 is 29.2 Å². The quantitative estimate of drug-likeness (QED) is 0.438. The van der Waals surface area contributed by atoms with Gasteiger partial charge in [0.05, 0.1) is 28.8 Å². The number of nitrogens with zero attached hydrogens (tertiary/aromatic N) is 3. The number of hydrogen-bond acceptors (Lipinski definition) is 5. The zero-order chi connectivity index (χ0) is 23.9. The summed E-state index contributed by atoms with van der Waals surface area (Å²) in [4.78, 5) is 28.8. The van der Waals surface area contributed by atoms with Gasteiger partial charge in [0.25, 0.3) is 5.91 Å². The van der Waals surface area contributed by atoms with Gasteiger partial charge in [0.1, 0.15) is 22.5 Å². The number of methoxy groups -OCH3 is 1. The summed E-state index contributed by atoms with van der Waals surface area (Å²) in [5.74, 6) is -2.26. The van der Waals surface area contributed by atoms with E-state index in [1.807, 2.05) is 0 Å². The highest BCUT2D eigenvalue weighted by Crippen LogP contribution is 2.37. The van der Waals surface area contributed by atoms with Crippen molar-refractivity contribution < 1.29 is 32.6 Å². The van der Waals surface area contributed by atoms with Crippen molar-refractivity contribution in [3.05, 3.63) is 76.4 Å². The van der Waals surface area contributed by atoms with Crippen LogP contribution in [0.2, 0.25) is 5.02 Å². The third-order valence-electron chi connectivity index (χ3n) is 4.87. The lowest BCUT2D eigenvalue weighted by atomic mass is 10.1. The fraction of sp³-hybridized carbons (Fsp3) is 0.0909. The maximum absolute atomic E-state index is 13.6. The minimum absolute atomic E-state index is 0.0374. The number of hydrogen-bond donors (Lipinski definition) is 1. The number of halogens is 4. The van der Waals surface area contributed by atoms with Crippen molar-refractivity contribution in [1.82, 2.24) is 14.8 Å². The number of aromatic nitrogens is 3. The summed E-state index contributed by atoms with van der Waals surface area (Å²) in [7, 11) is 1.29. The molecule has 0 saturated carbocycles. The van der Waals surface area contributed by atoms with Crippen molar-refractivity contribution in [1.29, 1.82) is 0 Å². The van der Waals surface area contributed by atoms with E-state index in [2.05, 4.69) is 10.1 Å². The summed E-state index contributed by atoms with van der Waals surface area (Å²) < 4.78 is 46.6. The van der Waals surface area contributed by atoms with E-state index in [0.29, 0.717) is 5.56 Å². The summed E-state index contributed by atoms with van der Waals surface area (Å²) in [6.07, 6.45) is -3.39. The second-order valence-corrected chi connectivity index (χ2v) is 7.22. The maximum atomic E-state index is 13.6. The molecular weight excluding hydrogens is 463 g/mol. The topological polar surface area (TPSA) is 94.3 Å². The van der Waals surface area contributed by atoms with E-state index in [1.54, 1.807) is 0 Å². The second kappa shape index (κ2) is 8.21. The molecule has 2 aromatic heterocycles. The average molecular weight is 476 g/mol. The Morgan fingerprint density at radius 2 is 1.88 bits per heavy atom. The predicted octanol–water partition coefficient (Wildman–Crippen LogP) is 5.17. The third kappa shape index (κ3) is 3.89. The Labute approximate surface area is 189 Å². The summed E-state index contributed by atoms with van der Waals surface area (Å²) in [6.45, 7) is 0. The fourth-order valence-electron chi connectivity index (χ4n) is 3.40. The van der Waals surface area contributed by atoms with Crippen LogP contribution in [0.5, 0.6) is 5.75 Å². The Kier molecular flexibility index (Phi) is 5.54. The largest absolute Gasteiger partial charge is 0.496 e. The molecule has 168 valence electrons. The van der Waals surface area contributed by atoms with Crippen LogP contribution in [0, 0.1) is 0 Å². The van der Waals surface area contributed by atoms with Gasteiger partial charge >= 0.3 is 12.1 Å². The Morgan fingerprint density at radius 1 is 1.12 bits per heavy atom. The Hall–Kier alpha value is -3.92. The van der Waals surface area contributed by atoms with Gasteiger partial charge in [-0.25, -0.2) is 4.79 Å². The number of carboxylic acid groups (broad SMARTS) is 1. The monoisotopic (exact) mass is 475 g/mol. The first-order chi connectivity index (χ1) is 15.6. The first kappa shape index (κ1) is 22.3. The van der Waals surface area contributed by atoms with Crippen molar-refractivity contribution in [2.75, 3.05) is 7.11 Å². The Balaban J connectivity index is 1.94. The summed E-state index contributed by atoms with van der Waals surface area (Å²) in [5, 5.41) is 13.1. The van der Waals surface area contributed by atoms with Crippen molar-refractivity contribution in [2.45, 2.75) is 6.18 Å². The number of alkyl halides is 3. The highest BCUT2D eigenvalue weighted by molar-refractivity contribution is 6.34. The molecule has 0 aliphatic heterocycles. The van der Waals surface area contributed by atoms with Crippen molar-refractivity contribution in [3.8, 4) is 17.0 Å². The number of fused-ring (bicyclic) bond motifs is 1. The standard InChI is InChI=1S/C22H13ClF3N3O4/c1-33-16-10-11(7-8-12(16)21(31)32)18-19-15(6-3-9-27-19)29(28-18)20(30)17-13(22(24,25)26)4-2-5-14(17)23/h2-10H,1H3,(H,31,32). The summed E-state index contributed by atoms with van der Waals surface area (Å²) in [5.41, 5.74) is -1.17. The van der Waals surface area contributed by atoms with Crippen LogP contribution in [0.25, 0.3) is 22.3 Å². The molecule has 0 saturated heterocycles. The minimum atomic E-state index is -4.82. The van der Waals surface area contributed by atoms with Crippen molar-refractivity contribution in [2.24, 2.45) is 0 Å². The molecule has 0 fully saturated rings. The van der Waals surface area contributed by atoms with E-state index >= 15 is 0 Å². The highest BCUT2D eigenvalue weighted by atomic mass is 35.5. The van der Waals surface area contributed by atoms with E-state index in [1.165, 1.54) is 49.7 Å². The van der Waals surface area contributed by atoms with Gasteiger partial charge in [-0.3, -0.25) is 9.78 Å². The third-order valence-corrected chi connectivity index (χ3v) is 5.18. The van der Waals surface area contributed by atoms with E-state index in [-0.39, 0.29) is 33.1 Å². The van der Waals surface area contributed by atoms with Crippen LogP contribution in [-0.2, 0) is 6.18 Å². The lowest BCUT2D eigenvalue weighted by Crippen LogP contribution is -2.20. The second-order valence-electron chi connectivity index (χ2n) is 6.82. The SMILES string of the molecule is COc1cc(-c2nn(C(=O)c3c(Cl)cccc3C(F)(F)F)c3cccnc23)ccc1C(=O)O. The van der Waals surface area contributed by atoms with Gasteiger partial charge in [-0.05, 0) is 36.4 Å². The number of carboxylic acids is 1. The molecule has 4 rings (SSSR count). The normalized spacial score (nSPS) is 11.5. The molecule has 0 spiro atoms. The van der Waals surface area contributed by atoms with Gasteiger partial charge in [-0.1, -0.05) is 23.7 Å².